The molecule has 4 aliphatic rings. The van der Waals surface area contributed by atoms with Crippen molar-refractivity contribution in [1.82, 2.24) is 40.4 Å². The fraction of sp³-hybridized carbons (Fsp3) is 0.474. The number of ether oxygens (including phenoxy) is 1. The highest BCUT2D eigenvalue weighted by molar-refractivity contribution is 7.99. The second kappa shape index (κ2) is 35.1. The van der Waals surface area contributed by atoms with Gasteiger partial charge in [-0.05, 0) is 152 Å². The Morgan fingerprint density at radius 2 is 1.49 bits per heavy atom. The number of aliphatic hydroxyl groups is 1. The van der Waals surface area contributed by atoms with Gasteiger partial charge in [-0.2, -0.15) is 13.2 Å². The Kier molecular flexibility index (Phi) is 26.8. The Morgan fingerprint density at radius 3 is 2.13 bits per heavy atom. The van der Waals surface area contributed by atoms with E-state index < -0.39 is 94.3 Å². The lowest BCUT2D eigenvalue weighted by Gasteiger charge is -2.41. The van der Waals surface area contributed by atoms with Crippen LogP contribution in [-0.4, -0.2) is 185 Å². The standard InChI is InChI=1S/C76H94ClF3N10O11S4/c1-50(52-16-18-54(19-17-52)69-51(2)82-49-103-69)83-72(95)65-42-60(91)46-90(65)73(96)70(74(3,4)5)85-68(93)15-11-10-14-67(92)81-48-75(6)32-30-63(53-20-24-57(77)25-21-53)56(44-75)45-88-34-36-89(37-35-88)59-26-22-55(23-27-59)71(94)86-105(99,100)62-28-29-64(66(43-62)104(97,98)76(78,79)80)84-58(31-33-87-38-40-101-41-39-87)47-102-61-12-8-7-9-13-61/h7-9,12-13,16-29,43,49-50,58,60,65,70,84,91H,10-11,14-15,30-42,44-48H2,1-6H3,(H,81,92)(H,83,95)(H,85,93)(H,86,94)/t50-,58+,60+,65-,70+,75?/m0/s1. The molecule has 4 heterocycles. The van der Waals surface area contributed by atoms with E-state index in [-0.39, 0.29) is 48.6 Å². The molecular formula is C76H94ClF3N10O11S4. The van der Waals surface area contributed by atoms with Crippen LogP contribution in [0.15, 0.2) is 147 Å². The lowest BCUT2D eigenvalue weighted by atomic mass is 9.71. The number of alkyl halides is 3. The molecule has 105 heavy (non-hydrogen) atoms. The number of hydrogen-bond acceptors (Lipinski definition) is 18. The maximum atomic E-state index is 14.4. The molecule has 3 saturated heterocycles. The minimum absolute atomic E-state index is 0.0553. The lowest BCUT2D eigenvalue weighted by molar-refractivity contribution is -0.144. The fourth-order valence-electron chi connectivity index (χ4n) is 13.8. The lowest BCUT2D eigenvalue weighted by Crippen LogP contribution is -2.57. The summed E-state index contributed by atoms with van der Waals surface area (Å²) in [6.07, 6.45) is 2.91. The predicted molar refractivity (Wildman–Crippen MR) is 404 cm³/mol. The number of sulfonamides is 1. The normalized spacial score (nSPS) is 19.5. The molecule has 1 aromatic heterocycles. The number of likely N-dealkylation sites (tertiary alicyclic amines) is 1. The molecule has 0 spiro atoms. The topological polar surface area (TPSA) is 269 Å². The van der Waals surface area contributed by atoms with Gasteiger partial charge in [0.1, 0.15) is 17.0 Å². The number of piperazine rings is 1. The second-order valence-corrected chi connectivity index (χ2v) is 35.0. The average Bonchev–Trinajstić information content (AvgIpc) is 0.941. The molecule has 5 amide bonds. The molecule has 5 aromatic carbocycles. The van der Waals surface area contributed by atoms with Crippen LogP contribution in [0.2, 0.25) is 5.02 Å². The molecule has 1 aliphatic carbocycles. The Bertz CT molecular complexity index is 4290. The maximum absolute atomic E-state index is 14.4. The van der Waals surface area contributed by atoms with E-state index in [1.54, 1.807) is 29.0 Å². The van der Waals surface area contributed by atoms with Crippen LogP contribution in [0.3, 0.4) is 0 Å². The number of hydrogen-bond donors (Lipinski definition) is 6. The number of benzene rings is 5. The monoisotopic (exact) mass is 1540 g/mol. The molecule has 29 heteroatoms. The third-order valence-electron chi connectivity index (χ3n) is 19.9. The van der Waals surface area contributed by atoms with E-state index in [0.29, 0.717) is 115 Å². The van der Waals surface area contributed by atoms with Gasteiger partial charge >= 0.3 is 5.51 Å². The summed E-state index contributed by atoms with van der Waals surface area (Å²) < 4.78 is 105. The number of carbonyl (C=O) groups excluding carboxylic acids is 5. The fourth-order valence-corrected chi connectivity index (χ4v) is 17.7. The molecule has 0 saturated carbocycles. The first-order valence-corrected chi connectivity index (χ1v) is 40.7. The highest BCUT2D eigenvalue weighted by Gasteiger charge is 2.49. The van der Waals surface area contributed by atoms with Gasteiger partial charge in [0, 0.05) is 118 Å². The van der Waals surface area contributed by atoms with E-state index in [0.717, 1.165) is 62.8 Å². The molecule has 6 atom stereocenters. The van der Waals surface area contributed by atoms with Crippen molar-refractivity contribution in [1.29, 1.82) is 0 Å². The number of amides is 5. The zero-order valence-electron chi connectivity index (χ0n) is 60.0. The van der Waals surface area contributed by atoms with Gasteiger partial charge in [0.15, 0.2) is 0 Å². The number of morpholine rings is 1. The number of anilines is 2. The minimum atomic E-state index is -6.12. The summed E-state index contributed by atoms with van der Waals surface area (Å²) in [5.74, 6) is -2.10. The summed E-state index contributed by atoms with van der Waals surface area (Å²) in [5.41, 5.74) is 1.64. The second-order valence-electron chi connectivity index (χ2n) is 29.0. The first-order chi connectivity index (χ1) is 49.8. The van der Waals surface area contributed by atoms with E-state index in [1.165, 1.54) is 39.9 Å². The van der Waals surface area contributed by atoms with Crippen molar-refractivity contribution in [3.05, 3.63) is 160 Å². The van der Waals surface area contributed by atoms with Gasteiger partial charge in [0.05, 0.1) is 52.0 Å². The summed E-state index contributed by atoms with van der Waals surface area (Å²) in [5, 5.41) is 23.6. The van der Waals surface area contributed by atoms with Crippen molar-refractivity contribution in [2.75, 3.05) is 94.6 Å². The number of allylic oxidation sites excluding steroid dienone is 1. The minimum Gasteiger partial charge on any atom is -0.391 e. The van der Waals surface area contributed by atoms with Gasteiger partial charge in [-0.15, -0.1) is 23.1 Å². The maximum Gasteiger partial charge on any atom is 0.501 e. The van der Waals surface area contributed by atoms with Crippen molar-refractivity contribution < 1.29 is 63.8 Å². The Balaban J connectivity index is 0.698. The smallest absolute Gasteiger partial charge is 0.391 e. The number of nitrogens with zero attached hydrogens (tertiary/aromatic N) is 5. The number of rotatable bonds is 29. The third kappa shape index (κ3) is 21.3. The van der Waals surface area contributed by atoms with Gasteiger partial charge in [0.2, 0.25) is 23.6 Å². The summed E-state index contributed by atoms with van der Waals surface area (Å²) in [7, 11) is -11.0. The summed E-state index contributed by atoms with van der Waals surface area (Å²) in [6, 6.07) is 30.7. The number of carbonyl (C=O) groups is 5. The van der Waals surface area contributed by atoms with Crippen LogP contribution in [0.1, 0.15) is 126 Å². The number of unbranched alkanes of at least 4 members (excludes halogenated alkanes) is 1. The Morgan fingerprint density at radius 1 is 0.819 bits per heavy atom. The van der Waals surface area contributed by atoms with Crippen molar-refractivity contribution in [2.45, 2.75) is 150 Å². The van der Waals surface area contributed by atoms with Crippen LogP contribution < -0.4 is 30.9 Å². The number of sulfone groups is 1. The van der Waals surface area contributed by atoms with Crippen LogP contribution in [0.25, 0.3) is 16.0 Å². The van der Waals surface area contributed by atoms with E-state index in [4.69, 9.17) is 16.3 Å². The molecule has 566 valence electrons. The zero-order chi connectivity index (χ0) is 75.4. The van der Waals surface area contributed by atoms with E-state index in [2.05, 4.69) is 47.9 Å². The van der Waals surface area contributed by atoms with Crippen LogP contribution in [0, 0.1) is 17.8 Å². The van der Waals surface area contributed by atoms with E-state index >= 15 is 0 Å². The molecule has 3 aliphatic heterocycles. The molecule has 6 N–H and O–H groups in total. The number of β-amino-alcohol motifs (C(OH)–C–C–N with tert-alkyl or cyclic N) is 1. The first-order valence-electron chi connectivity index (χ1n) is 35.5. The van der Waals surface area contributed by atoms with Gasteiger partial charge < -0.3 is 40.9 Å². The predicted octanol–water partition coefficient (Wildman–Crippen LogP) is 11.3. The SMILES string of the molecule is Cc1ncsc1-c1ccc([C@H](C)NC(=O)[C@@H]2C[C@@H](O)CN2C(=O)[C@@H](NC(=O)CCCCC(=O)NCC2(C)CCC(c3ccc(Cl)cc3)=C(CN3CCN(c4ccc(C(=O)NS(=O)(=O)c5ccc(N[C@H](CCN6CCOCC6)CSc6ccccc6)c(S(=O)(=O)C(F)(F)F)c5)cc4)CC3)C2)C(C)(C)C)cc1. The largest absolute Gasteiger partial charge is 0.501 e. The molecule has 3 fully saturated rings. The van der Waals surface area contributed by atoms with Crippen molar-refractivity contribution >= 4 is 101 Å². The van der Waals surface area contributed by atoms with Crippen LogP contribution in [0.5, 0.6) is 0 Å². The summed E-state index contributed by atoms with van der Waals surface area (Å²) >= 11 is 9.34. The Labute approximate surface area is 626 Å². The van der Waals surface area contributed by atoms with Crippen molar-refractivity contribution in [3.63, 3.8) is 0 Å². The van der Waals surface area contributed by atoms with Gasteiger partial charge in [-0.25, -0.2) is 26.5 Å². The van der Waals surface area contributed by atoms with E-state index in [1.807, 2.05) is 118 Å². The van der Waals surface area contributed by atoms with Gasteiger partial charge in [-0.3, -0.25) is 33.8 Å². The zero-order valence-corrected chi connectivity index (χ0v) is 64.0. The number of thioether (sulfide) groups is 1. The molecular weight excluding hydrogens is 1450 g/mol. The number of halogens is 4. The van der Waals surface area contributed by atoms with Crippen LogP contribution >= 0.6 is 34.7 Å². The number of aliphatic hydroxyl groups excluding tert-OH is 1. The van der Waals surface area contributed by atoms with Crippen LogP contribution in [0.4, 0.5) is 24.5 Å². The first kappa shape index (κ1) is 80.1. The summed E-state index contributed by atoms with van der Waals surface area (Å²) in [4.78, 5) is 81.1. The number of aromatic nitrogens is 1. The van der Waals surface area contributed by atoms with Crippen molar-refractivity contribution in [2.24, 2.45) is 10.8 Å². The molecule has 1 unspecified atom stereocenters. The van der Waals surface area contributed by atoms with Crippen LogP contribution in [-0.2, 0) is 43.8 Å². The number of thiazole rings is 1. The molecule has 0 radical (unpaired) electrons. The third-order valence-corrected chi connectivity index (χ3v) is 25.1. The van der Waals surface area contributed by atoms with Crippen molar-refractivity contribution in [3.8, 4) is 10.4 Å². The Hall–Kier alpha value is -7.41. The highest BCUT2D eigenvalue weighted by atomic mass is 35.5. The van der Waals surface area contributed by atoms with Gasteiger partial charge in [-0.1, -0.05) is 99.5 Å². The molecule has 0 bridgehead atoms. The summed E-state index contributed by atoms with van der Waals surface area (Å²) in [6.45, 7) is 18.0. The van der Waals surface area contributed by atoms with Gasteiger partial charge in [0.25, 0.3) is 25.8 Å². The number of aryl methyl sites for hydroxylation is 1. The number of nitrogens with one attached hydrogen (secondary N) is 5. The molecule has 6 aromatic rings. The van der Waals surface area contributed by atoms with E-state index in [9.17, 15) is 59.1 Å². The molecule has 10 rings (SSSR count). The average molecular weight is 1540 g/mol. The highest BCUT2D eigenvalue weighted by Crippen LogP contribution is 2.44. The molecule has 21 nitrogen and oxygen atoms in total. The quantitative estimate of drug-likeness (QED) is 0.0188.